The lowest BCUT2D eigenvalue weighted by molar-refractivity contribution is 0.0600. The number of amides is 1. The number of methoxy groups -OCH3 is 1. The zero-order chi connectivity index (χ0) is 19.2. The van der Waals surface area contributed by atoms with Crippen LogP contribution in [0.3, 0.4) is 0 Å². The number of hydrogen-bond acceptors (Lipinski definition) is 6. The van der Waals surface area contributed by atoms with E-state index in [0.29, 0.717) is 23.6 Å². The maximum Gasteiger partial charge on any atom is 0.337 e. The van der Waals surface area contributed by atoms with Crippen molar-refractivity contribution in [2.45, 2.75) is 6.92 Å². The Morgan fingerprint density at radius 2 is 1.78 bits per heavy atom. The van der Waals surface area contributed by atoms with Gasteiger partial charge in [-0.15, -0.1) is 0 Å². The van der Waals surface area contributed by atoms with Gasteiger partial charge in [0.2, 0.25) is 0 Å². The smallest absolute Gasteiger partial charge is 0.337 e. The van der Waals surface area contributed by atoms with Gasteiger partial charge in [-0.2, -0.15) is 0 Å². The van der Waals surface area contributed by atoms with Gasteiger partial charge in [-0.3, -0.25) is 4.79 Å². The van der Waals surface area contributed by atoms with E-state index < -0.39 is 11.9 Å². The van der Waals surface area contributed by atoms with Gasteiger partial charge in [0.05, 0.1) is 19.3 Å². The average Bonchev–Trinajstić information content (AvgIpc) is 3.19. The zero-order valence-electron chi connectivity index (χ0n) is 14.9. The van der Waals surface area contributed by atoms with Gasteiger partial charge in [0, 0.05) is 17.3 Å². The summed E-state index contributed by atoms with van der Waals surface area (Å²) in [4.78, 5) is 23.8. The molecule has 1 N–H and O–H groups in total. The van der Waals surface area contributed by atoms with Crippen LogP contribution in [-0.2, 0) is 4.74 Å². The molecule has 0 radical (unpaired) electrons. The SMILES string of the molecule is CCOc1ccc(-c2cc(C(=O)Nc3ccc(C(=O)OC)cc3)no2)cc1. The molecule has 0 fully saturated rings. The molecule has 0 unspecified atom stereocenters. The average molecular weight is 366 g/mol. The highest BCUT2D eigenvalue weighted by atomic mass is 16.5. The Labute approximate surface area is 155 Å². The first-order valence-electron chi connectivity index (χ1n) is 8.30. The van der Waals surface area contributed by atoms with Crippen molar-refractivity contribution in [2.75, 3.05) is 19.0 Å². The molecule has 0 aliphatic rings. The number of rotatable bonds is 6. The van der Waals surface area contributed by atoms with E-state index in [1.807, 2.05) is 31.2 Å². The number of nitrogens with one attached hydrogen (secondary N) is 1. The first-order chi connectivity index (χ1) is 13.1. The number of carbonyl (C=O) groups is 2. The lowest BCUT2D eigenvalue weighted by Gasteiger charge is -2.04. The number of nitrogens with zero attached hydrogens (tertiary/aromatic N) is 1. The summed E-state index contributed by atoms with van der Waals surface area (Å²) in [5.74, 6) is 0.379. The Morgan fingerprint density at radius 3 is 2.41 bits per heavy atom. The maximum atomic E-state index is 12.3. The molecule has 0 saturated heterocycles. The number of hydrogen-bond donors (Lipinski definition) is 1. The van der Waals surface area contributed by atoms with E-state index in [1.165, 1.54) is 7.11 Å². The van der Waals surface area contributed by atoms with Gasteiger partial charge in [-0.25, -0.2) is 4.79 Å². The molecule has 0 aliphatic carbocycles. The third-order valence-corrected chi connectivity index (χ3v) is 3.76. The monoisotopic (exact) mass is 366 g/mol. The van der Waals surface area contributed by atoms with Gasteiger partial charge in [-0.05, 0) is 55.5 Å². The summed E-state index contributed by atoms with van der Waals surface area (Å²) in [6.07, 6.45) is 0. The molecular weight excluding hydrogens is 348 g/mol. The molecule has 2 aromatic carbocycles. The second-order valence-electron chi connectivity index (χ2n) is 5.56. The molecule has 3 rings (SSSR count). The maximum absolute atomic E-state index is 12.3. The van der Waals surface area contributed by atoms with Crippen LogP contribution in [0.15, 0.2) is 59.1 Å². The molecule has 27 heavy (non-hydrogen) atoms. The molecule has 0 atom stereocenters. The number of ether oxygens (including phenoxy) is 2. The van der Waals surface area contributed by atoms with Crippen LogP contribution < -0.4 is 10.1 Å². The van der Waals surface area contributed by atoms with E-state index in [0.717, 1.165) is 11.3 Å². The first-order valence-corrected chi connectivity index (χ1v) is 8.30. The summed E-state index contributed by atoms with van der Waals surface area (Å²) in [5, 5.41) is 6.51. The molecule has 0 aliphatic heterocycles. The number of benzene rings is 2. The molecule has 1 amide bonds. The molecule has 7 heteroatoms. The van der Waals surface area contributed by atoms with Crippen LogP contribution in [0.5, 0.6) is 5.75 Å². The molecule has 1 aromatic heterocycles. The van der Waals surface area contributed by atoms with Gasteiger partial charge >= 0.3 is 5.97 Å². The summed E-state index contributed by atoms with van der Waals surface area (Å²) in [5.41, 5.74) is 1.86. The van der Waals surface area contributed by atoms with E-state index in [2.05, 4.69) is 15.2 Å². The number of aromatic nitrogens is 1. The summed E-state index contributed by atoms with van der Waals surface area (Å²) >= 11 is 0. The van der Waals surface area contributed by atoms with Crippen LogP contribution in [0, 0.1) is 0 Å². The fourth-order valence-electron chi connectivity index (χ4n) is 2.40. The summed E-state index contributed by atoms with van der Waals surface area (Å²) < 4.78 is 15.3. The first kappa shape index (κ1) is 18.2. The van der Waals surface area contributed by atoms with E-state index in [4.69, 9.17) is 9.26 Å². The molecule has 1 heterocycles. The van der Waals surface area contributed by atoms with Crippen LogP contribution >= 0.6 is 0 Å². The Bertz CT molecular complexity index is 930. The Kier molecular flexibility index (Phi) is 5.51. The number of carbonyl (C=O) groups excluding carboxylic acids is 2. The highest BCUT2D eigenvalue weighted by Gasteiger charge is 2.14. The van der Waals surface area contributed by atoms with Gasteiger partial charge < -0.3 is 19.3 Å². The second kappa shape index (κ2) is 8.18. The van der Waals surface area contributed by atoms with Crippen molar-refractivity contribution in [3.05, 3.63) is 65.9 Å². The van der Waals surface area contributed by atoms with Gasteiger partial charge in [-0.1, -0.05) is 5.16 Å². The quantitative estimate of drug-likeness (QED) is 0.668. The van der Waals surface area contributed by atoms with Gasteiger partial charge in [0.1, 0.15) is 5.75 Å². The predicted octanol–water partition coefficient (Wildman–Crippen LogP) is 3.78. The van der Waals surface area contributed by atoms with E-state index in [1.54, 1.807) is 30.3 Å². The Balaban J connectivity index is 1.68. The van der Waals surface area contributed by atoms with Gasteiger partial charge in [0.15, 0.2) is 11.5 Å². The molecule has 138 valence electrons. The third-order valence-electron chi connectivity index (χ3n) is 3.76. The Morgan fingerprint density at radius 1 is 1.07 bits per heavy atom. The summed E-state index contributed by atoms with van der Waals surface area (Å²) in [6, 6.07) is 15.2. The molecule has 0 saturated carbocycles. The number of esters is 1. The van der Waals surface area contributed by atoms with Crippen LogP contribution in [0.1, 0.15) is 27.8 Å². The second-order valence-corrected chi connectivity index (χ2v) is 5.56. The minimum Gasteiger partial charge on any atom is -0.494 e. The van der Waals surface area contributed by atoms with Crippen molar-refractivity contribution in [3.8, 4) is 17.1 Å². The fraction of sp³-hybridized carbons (Fsp3) is 0.150. The molecule has 0 bridgehead atoms. The molecule has 0 spiro atoms. The van der Waals surface area contributed by atoms with Crippen molar-refractivity contribution >= 4 is 17.6 Å². The van der Waals surface area contributed by atoms with Crippen molar-refractivity contribution in [3.63, 3.8) is 0 Å². The van der Waals surface area contributed by atoms with Crippen molar-refractivity contribution in [1.29, 1.82) is 0 Å². The summed E-state index contributed by atoms with van der Waals surface area (Å²) in [6.45, 7) is 2.50. The zero-order valence-corrected chi connectivity index (χ0v) is 14.9. The normalized spacial score (nSPS) is 10.3. The van der Waals surface area contributed by atoms with E-state index in [9.17, 15) is 9.59 Å². The van der Waals surface area contributed by atoms with Crippen LogP contribution in [-0.4, -0.2) is 30.7 Å². The summed E-state index contributed by atoms with van der Waals surface area (Å²) in [7, 11) is 1.31. The van der Waals surface area contributed by atoms with Crippen LogP contribution in [0.25, 0.3) is 11.3 Å². The number of anilines is 1. The predicted molar refractivity (Wildman–Crippen MR) is 98.8 cm³/mol. The largest absolute Gasteiger partial charge is 0.494 e. The fourth-order valence-corrected chi connectivity index (χ4v) is 2.40. The van der Waals surface area contributed by atoms with Crippen molar-refractivity contribution < 1.29 is 23.6 Å². The molecule has 7 nitrogen and oxygen atoms in total. The molecule has 3 aromatic rings. The lowest BCUT2D eigenvalue weighted by atomic mass is 10.1. The Hall–Kier alpha value is -3.61. The molecular formula is C20H18N2O5. The standard InChI is InChI=1S/C20H18N2O5/c1-3-26-16-10-6-13(7-11-16)18-12-17(22-27-18)19(23)21-15-8-4-14(5-9-15)20(24)25-2/h4-12H,3H2,1-2H3,(H,21,23). The van der Waals surface area contributed by atoms with E-state index >= 15 is 0 Å². The lowest BCUT2D eigenvalue weighted by Crippen LogP contribution is -2.12. The topological polar surface area (TPSA) is 90.7 Å². The minimum absolute atomic E-state index is 0.149. The van der Waals surface area contributed by atoms with Crippen LogP contribution in [0.2, 0.25) is 0 Å². The highest BCUT2D eigenvalue weighted by molar-refractivity contribution is 6.03. The van der Waals surface area contributed by atoms with Crippen molar-refractivity contribution in [2.24, 2.45) is 0 Å². The van der Waals surface area contributed by atoms with Crippen LogP contribution in [0.4, 0.5) is 5.69 Å². The van der Waals surface area contributed by atoms with E-state index in [-0.39, 0.29) is 5.69 Å². The highest BCUT2D eigenvalue weighted by Crippen LogP contribution is 2.23. The van der Waals surface area contributed by atoms with Gasteiger partial charge in [0.25, 0.3) is 5.91 Å². The third kappa shape index (κ3) is 4.33. The van der Waals surface area contributed by atoms with Crippen molar-refractivity contribution in [1.82, 2.24) is 5.16 Å². The minimum atomic E-state index is -0.440.